The van der Waals surface area contributed by atoms with E-state index in [1.54, 1.807) is 18.2 Å². The molecule has 0 unspecified atom stereocenters. The zero-order valence-electron chi connectivity index (χ0n) is 18.5. The Bertz CT molecular complexity index is 1020. The number of hydrogen-bond acceptors (Lipinski definition) is 4. The maximum atomic E-state index is 12.8. The maximum Gasteiger partial charge on any atom is 0.324 e. The molecule has 0 atom stereocenters. The minimum Gasteiger partial charge on any atom is -0.343 e. The molecule has 0 bridgehead atoms. The largest absolute Gasteiger partial charge is 0.343 e. The molecule has 0 saturated carbocycles. The van der Waals surface area contributed by atoms with Gasteiger partial charge >= 0.3 is 6.03 Å². The number of rotatable bonds is 7. The smallest absolute Gasteiger partial charge is 0.324 e. The van der Waals surface area contributed by atoms with Crippen LogP contribution < -0.4 is 10.6 Å². The van der Waals surface area contributed by atoms with Crippen LogP contribution in [0.25, 0.3) is 0 Å². The number of amides is 5. The maximum absolute atomic E-state index is 12.8. The van der Waals surface area contributed by atoms with Crippen molar-refractivity contribution in [3.05, 3.63) is 65.7 Å². The zero-order valence-corrected chi connectivity index (χ0v) is 18.5. The summed E-state index contributed by atoms with van der Waals surface area (Å²) in [5, 5.41) is 5.44. The average molecular weight is 449 g/mol. The molecule has 5 amide bonds. The number of benzene rings is 2. The second-order valence-electron chi connectivity index (χ2n) is 8.47. The van der Waals surface area contributed by atoms with E-state index in [1.165, 1.54) is 0 Å². The van der Waals surface area contributed by atoms with Crippen LogP contribution in [0.4, 0.5) is 10.5 Å². The lowest BCUT2D eigenvalue weighted by Crippen LogP contribution is -2.41. The number of imide groups is 1. The predicted octanol–water partition coefficient (Wildman–Crippen LogP) is 2.55. The molecule has 0 aromatic heterocycles. The minimum atomic E-state index is -0.403. The third kappa shape index (κ3) is 5.77. The number of urea groups is 1. The Morgan fingerprint density at radius 3 is 2.39 bits per heavy atom. The number of carbonyl (C=O) groups is 4. The molecule has 2 aromatic rings. The van der Waals surface area contributed by atoms with Crippen LogP contribution in [0.15, 0.2) is 54.6 Å². The lowest BCUT2D eigenvalue weighted by molar-refractivity contribution is -0.134. The number of carbonyl (C=O) groups excluding carboxylic acids is 4. The number of anilines is 1. The van der Waals surface area contributed by atoms with Gasteiger partial charge in [-0.2, -0.15) is 0 Å². The first-order valence-corrected chi connectivity index (χ1v) is 11.3. The average Bonchev–Trinajstić information content (AvgIpc) is 3.15. The Morgan fingerprint density at radius 2 is 1.70 bits per heavy atom. The highest BCUT2D eigenvalue weighted by atomic mass is 16.2. The first-order valence-electron chi connectivity index (χ1n) is 11.3. The highest BCUT2D eigenvalue weighted by Crippen LogP contribution is 2.21. The summed E-state index contributed by atoms with van der Waals surface area (Å²) in [4.78, 5) is 51.8. The number of nitrogens with one attached hydrogen (secondary N) is 2. The van der Waals surface area contributed by atoms with E-state index >= 15 is 0 Å². The number of piperidine rings is 1. The van der Waals surface area contributed by atoms with E-state index in [4.69, 9.17) is 0 Å². The Morgan fingerprint density at radius 1 is 0.970 bits per heavy atom. The molecule has 0 radical (unpaired) electrons. The first-order chi connectivity index (χ1) is 16.0. The summed E-state index contributed by atoms with van der Waals surface area (Å²) in [6.07, 6.45) is 2.46. The highest BCUT2D eigenvalue weighted by molar-refractivity contribution is 6.01. The van der Waals surface area contributed by atoms with Gasteiger partial charge in [0.2, 0.25) is 17.7 Å². The fourth-order valence-electron chi connectivity index (χ4n) is 4.23. The predicted molar refractivity (Wildman–Crippen MR) is 123 cm³/mol. The SMILES string of the molecule is O=C(Nc1cccc(CN2C(=O)CNC2=O)c1)C1CCN(C(=O)CCc2ccccc2)CC1. The molecule has 4 rings (SSSR count). The molecule has 2 aromatic carbocycles. The Hall–Kier alpha value is -3.68. The van der Waals surface area contributed by atoms with Gasteiger partial charge in [0, 0.05) is 31.1 Å². The summed E-state index contributed by atoms with van der Waals surface area (Å²) in [5.41, 5.74) is 2.54. The summed E-state index contributed by atoms with van der Waals surface area (Å²) in [7, 11) is 0. The van der Waals surface area contributed by atoms with Gasteiger partial charge in [-0.25, -0.2) is 4.79 Å². The van der Waals surface area contributed by atoms with Gasteiger partial charge in [-0.1, -0.05) is 42.5 Å². The van der Waals surface area contributed by atoms with Gasteiger partial charge in [-0.15, -0.1) is 0 Å². The van der Waals surface area contributed by atoms with Crippen molar-refractivity contribution in [1.82, 2.24) is 15.1 Å². The van der Waals surface area contributed by atoms with Crippen LogP contribution in [0, 0.1) is 5.92 Å². The summed E-state index contributed by atoms with van der Waals surface area (Å²) in [6.45, 7) is 1.34. The number of likely N-dealkylation sites (tertiary alicyclic amines) is 1. The van der Waals surface area contributed by atoms with Crippen molar-refractivity contribution in [2.45, 2.75) is 32.2 Å². The van der Waals surface area contributed by atoms with Crippen LogP contribution in [0.3, 0.4) is 0 Å². The van der Waals surface area contributed by atoms with Gasteiger partial charge in [0.15, 0.2) is 0 Å². The fraction of sp³-hybridized carbons (Fsp3) is 0.360. The van der Waals surface area contributed by atoms with Crippen molar-refractivity contribution in [3.8, 4) is 0 Å². The zero-order chi connectivity index (χ0) is 23.2. The van der Waals surface area contributed by atoms with Crippen LogP contribution in [0.2, 0.25) is 0 Å². The van der Waals surface area contributed by atoms with Crippen LogP contribution in [-0.2, 0) is 27.3 Å². The minimum absolute atomic E-state index is 0.0166. The molecule has 8 heteroatoms. The van der Waals surface area contributed by atoms with E-state index in [1.807, 2.05) is 41.3 Å². The van der Waals surface area contributed by atoms with Crippen molar-refractivity contribution in [2.24, 2.45) is 5.92 Å². The molecule has 172 valence electrons. The van der Waals surface area contributed by atoms with Gasteiger partial charge in [0.25, 0.3) is 0 Å². The molecule has 2 fully saturated rings. The first kappa shape index (κ1) is 22.5. The molecule has 2 aliphatic heterocycles. The van der Waals surface area contributed by atoms with Gasteiger partial charge < -0.3 is 15.5 Å². The van der Waals surface area contributed by atoms with E-state index in [0.29, 0.717) is 38.0 Å². The number of aryl methyl sites for hydroxylation is 1. The second kappa shape index (κ2) is 10.3. The second-order valence-corrected chi connectivity index (χ2v) is 8.47. The molecule has 2 aliphatic rings. The van der Waals surface area contributed by atoms with Gasteiger partial charge in [-0.05, 0) is 42.5 Å². The highest BCUT2D eigenvalue weighted by Gasteiger charge is 2.29. The van der Waals surface area contributed by atoms with Crippen molar-refractivity contribution < 1.29 is 19.2 Å². The van der Waals surface area contributed by atoms with E-state index in [9.17, 15) is 19.2 Å². The van der Waals surface area contributed by atoms with Crippen molar-refractivity contribution in [1.29, 1.82) is 0 Å². The normalized spacial score (nSPS) is 16.6. The number of nitrogens with zero attached hydrogens (tertiary/aromatic N) is 2. The van der Waals surface area contributed by atoms with Crippen molar-refractivity contribution >= 4 is 29.4 Å². The molecule has 2 N–H and O–H groups in total. The standard InChI is InChI=1S/C25H28N4O4/c30-22(10-9-18-5-2-1-3-6-18)28-13-11-20(12-14-28)24(32)27-21-8-4-7-19(15-21)17-29-23(31)16-26-25(29)33/h1-8,15,20H,9-14,16-17H2,(H,26,33)(H,27,32). The van der Waals surface area contributed by atoms with Crippen LogP contribution in [0.1, 0.15) is 30.4 Å². The molecular weight excluding hydrogens is 420 g/mol. The third-order valence-corrected chi connectivity index (χ3v) is 6.16. The summed E-state index contributed by atoms with van der Waals surface area (Å²) in [6, 6.07) is 16.7. The Kier molecular flexibility index (Phi) is 7.02. The van der Waals surface area contributed by atoms with Crippen molar-refractivity contribution in [2.75, 3.05) is 25.0 Å². The Balaban J connectivity index is 1.25. The lowest BCUT2D eigenvalue weighted by Gasteiger charge is -2.31. The quantitative estimate of drug-likeness (QED) is 0.636. The van der Waals surface area contributed by atoms with Crippen molar-refractivity contribution in [3.63, 3.8) is 0 Å². The van der Waals surface area contributed by atoms with Gasteiger partial charge in [0.05, 0.1) is 13.1 Å². The molecule has 0 spiro atoms. The summed E-state index contributed by atoms with van der Waals surface area (Å²) >= 11 is 0. The molecule has 33 heavy (non-hydrogen) atoms. The molecule has 8 nitrogen and oxygen atoms in total. The Labute approximate surface area is 192 Å². The van der Waals surface area contributed by atoms with E-state index in [0.717, 1.165) is 22.4 Å². The molecule has 0 aliphatic carbocycles. The van der Waals surface area contributed by atoms with Crippen LogP contribution in [-0.4, -0.2) is 53.2 Å². The van der Waals surface area contributed by atoms with Crippen LogP contribution in [0.5, 0.6) is 0 Å². The van der Waals surface area contributed by atoms with Gasteiger partial charge in [-0.3, -0.25) is 19.3 Å². The molecule has 2 saturated heterocycles. The van der Waals surface area contributed by atoms with E-state index in [-0.39, 0.29) is 36.7 Å². The third-order valence-electron chi connectivity index (χ3n) is 6.16. The van der Waals surface area contributed by atoms with Gasteiger partial charge in [0.1, 0.15) is 0 Å². The van der Waals surface area contributed by atoms with E-state index < -0.39 is 6.03 Å². The molecular formula is C25H28N4O4. The number of hydrogen-bond donors (Lipinski definition) is 2. The lowest BCUT2D eigenvalue weighted by atomic mass is 9.95. The van der Waals surface area contributed by atoms with Crippen LogP contribution >= 0.6 is 0 Å². The summed E-state index contributed by atoms with van der Waals surface area (Å²) < 4.78 is 0. The topological polar surface area (TPSA) is 98.8 Å². The monoisotopic (exact) mass is 448 g/mol. The van der Waals surface area contributed by atoms with E-state index in [2.05, 4.69) is 10.6 Å². The molecule has 2 heterocycles. The fourth-order valence-corrected chi connectivity index (χ4v) is 4.23. The summed E-state index contributed by atoms with van der Waals surface area (Å²) in [5.74, 6) is -0.360.